The second kappa shape index (κ2) is 9.53. The fourth-order valence-electron chi connectivity index (χ4n) is 3.44. The normalized spacial score (nSPS) is 10.8. The number of aryl methyl sites for hydroxylation is 1. The number of aromatic nitrogens is 4. The van der Waals surface area contributed by atoms with Crippen LogP contribution in [0.1, 0.15) is 27.4 Å². The molecule has 0 radical (unpaired) electrons. The minimum atomic E-state index is -0.531. The van der Waals surface area contributed by atoms with Crippen LogP contribution in [0, 0.1) is 29.8 Å². The zero-order valence-corrected chi connectivity index (χ0v) is 18.4. The van der Waals surface area contributed by atoms with Crippen LogP contribution in [0.25, 0.3) is 0 Å². The molecule has 34 heavy (non-hydrogen) atoms. The van der Waals surface area contributed by atoms with Crippen molar-refractivity contribution in [2.24, 2.45) is 0 Å². The lowest BCUT2D eigenvalue weighted by Gasteiger charge is -2.07. The van der Waals surface area contributed by atoms with E-state index >= 15 is 0 Å². The van der Waals surface area contributed by atoms with Gasteiger partial charge in [0.25, 0.3) is 5.91 Å². The third kappa shape index (κ3) is 4.93. The number of nitrogens with zero attached hydrogens (tertiary/aromatic N) is 5. The van der Waals surface area contributed by atoms with Crippen LogP contribution < -0.4 is 10.1 Å². The molecule has 0 bridgehead atoms. The minimum Gasteiger partial charge on any atom is -0.464 e. The van der Waals surface area contributed by atoms with Gasteiger partial charge in [0.15, 0.2) is 18.2 Å². The lowest BCUT2D eigenvalue weighted by atomic mass is 10.2. The van der Waals surface area contributed by atoms with E-state index in [0.717, 1.165) is 5.56 Å². The Morgan fingerprint density at radius 2 is 1.94 bits per heavy atom. The van der Waals surface area contributed by atoms with Gasteiger partial charge < -0.3 is 10.1 Å². The van der Waals surface area contributed by atoms with E-state index in [1.54, 1.807) is 35.9 Å². The van der Waals surface area contributed by atoms with E-state index in [0.29, 0.717) is 23.6 Å². The Morgan fingerprint density at radius 3 is 2.71 bits per heavy atom. The average Bonchev–Trinajstić information content (AvgIpc) is 3.38. The van der Waals surface area contributed by atoms with Gasteiger partial charge in [-0.3, -0.25) is 19.6 Å². The zero-order chi connectivity index (χ0) is 24.2. The van der Waals surface area contributed by atoms with E-state index in [2.05, 4.69) is 15.5 Å². The minimum absolute atomic E-state index is 0.103. The van der Waals surface area contributed by atoms with Gasteiger partial charge in [0.1, 0.15) is 5.82 Å². The van der Waals surface area contributed by atoms with Gasteiger partial charge in [0, 0.05) is 12.3 Å². The maximum Gasteiger partial charge on any atom is 0.311 e. The molecule has 0 unspecified atom stereocenters. The number of nitro groups is 1. The summed E-state index contributed by atoms with van der Waals surface area (Å²) in [5.41, 5.74) is 2.61. The van der Waals surface area contributed by atoms with Gasteiger partial charge in [-0.25, -0.2) is 9.07 Å². The lowest BCUT2D eigenvalue weighted by molar-refractivity contribution is -0.386. The number of ether oxygens (including phenoxy) is 1. The largest absolute Gasteiger partial charge is 0.464 e. The van der Waals surface area contributed by atoms with Crippen LogP contribution in [-0.2, 0) is 13.3 Å². The number of rotatable bonds is 8. The molecule has 174 valence electrons. The molecule has 2 heterocycles. The summed E-state index contributed by atoms with van der Waals surface area (Å²) in [6.07, 6.45) is 1.54. The molecule has 4 aromatic rings. The number of benzene rings is 2. The van der Waals surface area contributed by atoms with Crippen LogP contribution in [0.5, 0.6) is 5.75 Å². The van der Waals surface area contributed by atoms with Crippen molar-refractivity contribution < 1.29 is 18.8 Å². The third-order valence-corrected chi connectivity index (χ3v) is 5.13. The molecule has 0 aliphatic rings. The first-order chi connectivity index (χ1) is 16.3. The van der Waals surface area contributed by atoms with Crippen LogP contribution >= 0.6 is 0 Å². The molecular weight excluding hydrogens is 443 g/mol. The van der Waals surface area contributed by atoms with Gasteiger partial charge in [-0.05, 0) is 43.7 Å². The summed E-state index contributed by atoms with van der Waals surface area (Å²) in [5.74, 6) is -0.666. The highest BCUT2D eigenvalue weighted by Crippen LogP contribution is 2.26. The molecule has 0 spiro atoms. The Hall–Kier alpha value is -4.54. The molecule has 0 aliphatic heterocycles. The van der Waals surface area contributed by atoms with Gasteiger partial charge in [-0.15, -0.1) is 0 Å². The van der Waals surface area contributed by atoms with Gasteiger partial charge >= 0.3 is 5.69 Å². The van der Waals surface area contributed by atoms with Crippen LogP contribution in [-0.4, -0.2) is 30.4 Å². The van der Waals surface area contributed by atoms with Crippen LogP contribution in [0.4, 0.5) is 15.8 Å². The molecule has 2 aromatic carbocycles. The first kappa shape index (κ1) is 22.6. The van der Waals surface area contributed by atoms with Crippen molar-refractivity contribution in [2.45, 2.75) is 27.1 Å². The van der Waals surface area contributed by atoms with E-state index in [1.165, 1.54) is 41.2 Å². The van der Waals surface area contributed by atoms with Gasteiger partial charge in [0.2, 0.25) is 0 Å². The molecule has 1 amide bonds. The Labute approximate surface area is 193 Å². The average molecular weight is 464 g/mol. The Morgan fingerprint density at radius 1 is 1.15 bits per heavy atom. The van der Waals surface area contributed by atoms with E-state index in [4.69, 9.17) is 4.74 Å². The molecular formula is C23H21FN6O4. The first-order valence-corrected chi connectivity index (χ1v) is 10.3. The van der Waals surface area contributed by atoms with Crippen molar-refractivity contribution in [3.63, 3.8) is 0 Å². The number of halogens is 1. The third-order valence-electron chi connectivity index (χ3n) is 5.13. The van der Waals surface area contributed by atoms with Crippen LogP contribution in [0.2, 0.25) is 0 Å². The summed E-state index contributed by atoms with van der Waals surface area (Å²) in [5, 5.41) is 22.6. The number of hydrogen-bond acceptors (Lipinski definition) is 6. The summed E-state index contributed by atoms with van der Waals surface area (Å²) >= 11 is 0. The summed E-state index contributed by atoms with van der Waals surface area (Å²) < 4.78 is 22.0. The fraction of sp³-hybridized carbons (Fsp3) is 0.174. The predicted molar refractivity (Wildman–Crippen MR) is 121 cm³/mol. The van der Waals surface area contributed by atoms with Crippen molar-refractivity contribution >= 4 is 17.3 Å². The second-order valence-electron chi connectivity index (χ2n) is 7.53. The monoisotopic (exact) mass is 464 g/mol. The van der Waals surface area contributed by atoms with Crippen molar-refractivity contribution in [2.75, 3.05) is 5.32 Å². The van der Waals surface area contributed by atoms with Gasteiger partial charge in [0.05, 0.1) is 28.5 Å². The molecule has 2 aromatic heterocycles. The van der Waals surface area contributed by atoms with E-state index in [-0.39, 0.29) is 29.7 Å². The van der Waals surface area contributed by atoms with E-state index in [1.807, 2.05) is 6.92 Å². The first-order valence-electron chi connectivity index (χ1n) is 10.3. The Balaban J connectivity index is 1.43. The molecule has 1 N–H and O–H groups in total. The molecule has 0 aliphatic carbocycles. The summed E-state index contributed by atoms with van der Waals surface area (Å²) in [6, 6.07) is 13.8. The maximum atomic E-state index is 13.5. The molecule has 11 heteroatoms. The number of carbonyl (C=O) groups is 1. The van der Waals surface area contributed by atoms with E-state index < -0.39 is 10.8 Å². The number of anilines is 1. The number of nitro benzene ring substituents is 1. The lowest BCUT2D eigenvalue weighted by Crippen LogP contribution is -2.15. The van der Waals surface area contributed by atoms with Crippen molar-refractivity contribution in [1.29, 1.82) is 0 Å². The Bertz CT molecular complexity index is 1360. The fourth-order valence-corrected chi connectivity index (χ4v) is 3.44. The highest BCUT2D eigenvalue weighted by molar-refractivity contribution is 6.03. The molecule has 4 rings (SSSR count). The SMILES string of the molecule is Cc1nn(Cc2cccc(F)c2)c(C)c1NC(=O)c1ccn(COc2ccccc2[N+](=O)[O-])n1. The Kier molecular flexibility index (Phi) is 6.35. The zero-order valence-electron chi connectivity index (χ0n) is 18.4. The number of para-hydroxylation sites is 2. The van der Waals surface area contributed by atoms with Crippen LogP contribution in [0.3, 0.4) is 0 Å². The molecule has 0 fully saturated rings. The summed E-state index contributed by atoms with van der Waals surface area (Å²) in [4.78, 5) is 23.3. The predicted octanol–water partition coefficient (Wildman–Crippen LogP) is 4.08. The summed E-state index contributed by atoms with van der Waals surface area (Å²) in [7, 11) is 0. The summed E-state index contributed by atoms with van der Waals surface area (Å²) in [6.45, 7) is 3.83. The molecule has 10 nitrogen and oxygen atoms in total. The number of carbonyl (C=O) groups excluding carboxylic acids is 1. The molecule has 0 atom stereocenters. The molecule has 0 saturated heterocycles. The second-order valence-corrected chi connectivity index (χ2v) is 7.53. The topological polar surface area (TPSA) is 117 Å². The van der Waals surface area contributed by atoms with Crippen molar-refractivity contribution in [3.8, 4) is 5.75 Å². The van der Waals surface area contributed by atoms with Crippen LogP contribution in [0.15, 0.2) is 60.8 Å². The number of hydrogen-bond donors (Lipinski definition) is 1. The van der Waals surface area contributed by atoms with Crippen molar-refractivity contribution in [1.82, 2.24) is 19.6 Å². The maximum absolute atomic E-state index is 13.5. The van der Waals surface area contributed by atoms with Crippen molar-refractivity contribution in [3.05, 3.63) is 99.4 Å². The van der Waals surface area contributed by atoms with Gasteiger partial charge in [-0.1, -0.05) is 24.3 Å². The number of amides is 1. The highest BCUT2D eigenvalue weighted by Gasteiger charge is 2.18. The quantitative estimate of drug-likeness (QED) is 0.310. The van der Waals surface area contributed by atoms with Gasteiger partial charge in [-0.2, -0.15) is 10.2 Å². The molecule has 0 saturated carbocycles. The number of nitrogens with one attached hydrogen (secondary N) is 1. The highest BCUT2D eigenvalue weighted by atomic mass is 19.1. The van der Waals surface area contributed by atoms with E-state index in [9.17, 15) is 19.3 Å². The standard InChI is InChI=1S/C23H21FN6O4/c1-15-22(16(2)29(26-15)13-17-6-5-7-18(24)12-17)25-23(31)19-10-11-28(27-19)14-34-21-9-4-3-8-20(21)30(32)33/h3-12H,13-14H2,1-2H3,(H,25,31). The smallest absolute Gasteiger partial charge is 0.311 e.